The first-order valence-electron chi connectivity index (χ1n) is 8.09. The maximum Gasteiger partial charge on any atom is 0.236 e. The molecule has 1 aliphatic heterocycles. The minimum Gasteiger partial charge on any atom is -0.372 e. The molecule has 0 aromatic heterocycles. The summed E-state index contributed by atoms with van der Waals surface area (Å²) in [6.07, 6.45) is 5.39. The fourth-order valence-corrected chi connectivity index (χ4v) is 3.51. The number of carbonyl (C=O) groups excluding carboxylic acids is 1. The van der Waals surface area contributed by atoms with Crippen molar-refractivity contribution in [1.29, 1.82) is 0 Å². The van der Waals surface area contributed by atoms with Gasteiger partial charge in [0.15, 0.2) is 0 Å². The minimum absolute atomic E-state index is 0.156. The van der Waals surface area contributed by atoms with Crippen molar-refractivity contribution in [2.75, 3.05) is 26.7 Å². The Balaban J connectivity index is 1.81. The number of rotatable bonds is 3. The van der Waals surface area contributed by atoms with Crippen molar-refractivity contribution in [3.63, 3.8) is 0 Å². The topological polar surface area (TPSA) is 32.8 Å². The van der Waals surface area contributed by atoms with E-state index in [1.165, 1.54) is 25.7 Å². The molecule has 2 atom stereocenters. The second kappa shape index (κ2) is 6.90. The summed E-state index contributed by atoms with van der Waals surface area (Å²) >= 11 is 0. The molecule has 1 aliphatic carbocycles. The van der Waals surface area contributed by atoms with Gasteiger partial charge < -0.3 is 9.64 Å². The van der Waals surface area contributed by atoms with Gasteiger partial charge in [0, 0.05) is 19.1 Å². The van der Waals surface area contributed by atoms with E-state index >= 15 is 0 Å². The maximum atomic E-state index is 12.4. The van der Waals surface area contributed by atoms with Crippen LogP contribution in [0.1, 0.15) is 46.5 Å². The van der Waals surface area contributed by atoms with E-state index < -0.39 is 0 Å². The number of nitrogens with zero attached hydrogens (tertiary/aromatic N) is 2. The highest BCUT2D eigenvalue weighted by atomic mass is 16.5. The normalized spacial score (nSPS) is 35.4. The van der Waals surface area contributed by atoms with Crippen LogP contribution in [0, 0.1) is 5.92 Å². The molecule has 1 saturated carbocycles. The molecule has 0 bridgehead atoms. The van der Waals surface area contributed by atoms with Crippen molar-refractivity contribution in [2.45, 2.75) is 64.7 Å². The molecule has 1 heterocycles. The summed E-state index contributed by atoms with van der Waals surface area (Å²) in [7, 11) is 2.10. The average Bonchev–Trinajstić information content (AvgIpc) is 2.38. The van der Waals surface area contributed by atoms with Crippen molar-refractivity contribution in [1.82, 2.24) is 9.80 Å². The van der Waals surface area contributed by atoms with E-state index in [1.807, 2.05) is 18.7 Å². The van der Waals surface area contributed by atoms with E-state index in [1.54, 1.807) is 0 Å². The number of likely N-dealkylation sites (N-methyl/N-ethyl adjacent to an activating group) is 1. The van der Waals surface area contributed by atoms with Gasteiger partial charge in [-0.2, -0.15) is 0 Å². The third kappa shape index (κ3) is 4.19. The van der Waals surface area contributed by atoms with Crippen LogP contribution >= 0.6 is 0 Å². The smallest absolute Gasteiger partial charge is 0.236 e. The zero-order valence-corrected chi connectivity index (χ0v) is 13.5. The van der Waals surface area contributed by atoms with Crippen LogP contribution in [0.15, 0.2) is 0 Å². The highest BCUT2D eigenvalue weighted by molar-refractivity contribution is 5.78. The SMILES string of the molecule is CC1CCC(N(C)CC(=O)N2CC(C)OC(C)C2)CC1. The van der Waals surface area contributed by atoms with Crippen LogP contribution in [0.2, 0.25) is 0 Å². The summed E-state index contributed by atoms with van der Waals surface area (Å²) < 4.78 is 5.69. The fraction of sp³-hybridized carbons (Fsp3) is 0.938. The van der Waals surface area contributed by atoms with Crippen molar-refractivity contribution >= 4 is 5.91 Å². The van der Waals surface area contributed by atoms with Gasteiger partial charge in [-0.15, -0.1) is 0 Å². The van der Waals surface area contributed by atoms with E-state index in [4.69, 9.17) is 4.74 Å². The largest absolute Gasteiger partial charge is 0.372 e. The molecule has 2 fully saturated rings. The second-order valence-electron chi connectivity index (χ2n) is 6.88. The van der Waals surface area contributed by atoms with E-state index in [0.29, 0.717) is 12.6 Å². The highest BCUT2D eigenvalue weighted by Crippen LogP contribution is 2.26. The number of amides is 1. The minimum atomic E-state index is 0.156. The summed E-state index contributed by atoms with van der Waals surface area (Å²) in [6.45, 7) is 8.44. The molecular formula is C16H30N2O2. The first-order chi connectivity index (χ1) is 9.45. The van der Waals surface area contributed by atoms with Crippen LogP contribution < -0.4 is 0 Å². The average molecular weight is 282 g/mol. The van der Waals surface area contributed by atoms with E-state index in [9.17, 15) is 4.79 Å². The molecular weight excluding hydrogens is 252 g/mol. The second-order valence-corrected chi connectivity index (χ2v) is 6.88. The first-order valence-corrected chi connectivity index (χ1v) is 8.09. The molecule has 4 heteroatoms. The number of ether oxygens (including phenoxy) is 1. The van der Waals surface area contributed by atoms with Gasteiger partial charge in [-0.1, -0.05) is 6.92 Å². The Hall–Kier alpha value is -0.610. The van der Waals surface area contributed by atoms with Gasteiger partial charge in [-0.25, -0.2) is 0 Å². The fourth-order valence-electron chi connectivity index (χ4n) is 3.51. The highest BCUT2D eigenvalue weighted by Gasteiger charge is 2.28. The molecule has 2 unspecified atom stereocenters. The lowest BCUT2D eigenvalue weighted by Crippen LogP contribution is -2.51. The number of carbonyl (C=O) groups is 1. The van der Waals surface area contributed by atoms with Crippen molar-refractivity contribution in [3.8, 4) is 0 Å². The maximum absolute atomic E-state index is 12.4. The predicted molar refractivity (Wildman–Crippen MR) is 80.6 cm³/mol. The van der Waals surface area contributed by atoms with E-state index in [2.05, 4.69) is 18.9 Å². The monoisotopic (exact) mass is 282 g/mol. The van der Waals surface area contributed by atoms with Gasteiger partial charge in [-0.3, -0.25) is 9.69 Å². The van der Waals surface area contributed by atoms with Gasteiger partial charge in [0.1, 0.15) is 0 Å². The molecule has 0 aromatic carbocycles. The van der Waals surface area contributed by atoms with Crippen LogP contribution in [-0.4, -0.2) is 60.6 Å². The van der Waals surface area contributed by atoms with Gasteiger partial charge in [0.2, 0.25) is 5.91 Å². The third-order valence-corrected chi connectivity index (χ3v) is 4.77. The lowest BCUT2D eigenvalue weighted by atomic mass is 9.87. The molecule has 2 rings (SSSR count). The Morgan fingerprint density at radius 2 is 1.65 bits per heavy atom. The number of morpholine rings is 1. The van der Waals surface area contributed by atoms with Crippen molar-refractivity contribution in [2.24, 2.45) is 5.92 Å². The summed E-state index contributed by atoms with van der Waals surface area (Å²) in [5.74, 6) is 1.12. The summed E-state index contributed by atoms with van der Waals surface area (Å²) in [5, 5.41) is 0. The third-order valence-electron chi connectivity index (χ3n) is 4.77. The Kier molecular flexibility index (Phi) is 5.44. The summed E-state index contributed by atoms with van der Waals surface area (Å²) in [4.78, 5) is 16.7. The molecule has 0 aromatic rings. The zero-order chi connectivity index (χ0) is 14.7. The van der Waals surface area contributed by atoms with Crippen LogP contribution in [-0.2, 0) is 9.53 Å². The number of hydrogen-bond donors (Lipinski definition) is 0. The Morgan fingerprint density at radius 1 is 1.10 bits per heavy atom. The van der Waals surface area contributed by atoms with Crippen molar-refractivity contribution in [3.05, 3.63) is 0 Å². The molecule has 0 N–H and O–H groups in total. The standard InChI is InChI=1S/C16H30N2O2/c1-12-5-7-15(8-6-12)17(4)11-16(19)18-9-13(2)20-14(3)10-18/h12-15H,5-11H2,1-4H3. The Bertz CT molecular complexity index is 316. The van der Waals surface area contributed by atoms with Crippen LogP contribution in [0.25, 0.3) is 0 Å². The molecule has 0 radical (unpaired) electrons. The van der Waals surface area contributed by atoms with Gasteiger partial charge >= 0.3 is 0 Å². The summed E-state index contributed by atoms with van der Waals surface area (Å²) in [6, 6.07) is 0.589. The molecule has 0 spiro atoms. The number of hydrogen-bond acceptors (Lipinski definition) is 3. The van der Waals surface area contributed by atoms with Crippen LogP contribution in [0.4, 0.5) is 0 Å². The lowest BCUT2D eigenvalue weighted by molar-refractivity contribution is -0.144. The molecule has 1 saturated heterocycles. The van der Waals surface area contributed by atoms with Gasteiger partial charge in [-0.05, 0) is 52.5 Å². The van der Waals surface area contributed by atoms with Crippen LogP contribution in [0.5, 0.6) is 0 Å². The van der Waals surface area contributed by atoms with E-state index in [0.717, 1.165) is 19.0 Å². The molecule has 2 aliphatic rings. The van der Waals surface area contributed by atoms with E-state index in [-0.39, 0.29) is 18.1 Å². The molecule has 20 heavy (non-hydrogen) atoms. The lowest BCUT2D eigenvalue weighted by Gasteiger charge is -2.38. The first kappa shape index (κ1) is 15.8. The zero-order valence-electron chi connectivity index (χ0n) is 13.5. The van der Waals surface area contributed by atoms with Gasteiger partial charge in [0.05, 0.1) is 18.8 Å². The Morgan fingerprint density at radius 3 is 2.20 bits per heavy atom. The van der Waals surface area contributed by atoms with Crippen LogP contribution in [0.3, 0.4) is 0 Å². The quantitative estimate of drug-likeness (QED) is 0.795. The van der Waals surface area contributed by atoms with Crippen molar-refractivity contribution < 1.29 is 9.53 Å². The predicted octanol–water partition coefficient (Wildman–Crippen LogP) is 2.13. The Labute approximate surface area is 123 Å². The molecule has 116 valence electrons. The summed E-state index contributed by atoms with van der Waals surface area (Å²) in [5.41, 5.74) is 0. The van der Waals surface area contributed by atoms with Gasteiger partial charge in [0.25, 0.3) is 0 Å². The molecule has 4 nitrogen and oxygen atoms in total. The molecule has 1 amide bonds.